The molecule has 5 nitrogen and oxygen atoms in total. The molecule has 0 fully saturated rings. The molecule has 0 saturated carbocycles. The first-order valence-electron chi connectivity index (χ1n) is 4.71. The van der Waals surface area contributed by atoms with E-state index >= 15 is 0 Å². The van der Waals surface area contributed by atoms with Crippen molar-refractivity contribution >= 4 is 5.91 Å². The minimum Gasteiger partial charge on any atom is -0.364 e. The number of carbonyl (C=O) groups excluding carboxylic acids is 1. The van der Waals surface area contributed by atoms with Crippen LogP contribution in [0.5, 0.6) is 0 Å². The van der Waals surface area contributed by atoms with Crippen molar-refractivity contribution in [3.05, 3.63) is 47.3 Å². The number of rotatable bonds is 3. The third kappa shape index (κ3) is 2.27. The van der Waals surface area contributed by atoms with Gasteiger partial charge >= 0.3 is 0 Å². The highest BCUT2D eigenvalue weighted by atomic mass is 19.2. The maximum Gasteiger partial charge on any atom is 0.270 e. The number of amides is 1. The van der Waals surface area contributed by atoms with Crippen molar-refractivity contribution in [3.8, 4) is 0 Å². The van der Waals surface area contributed by atoms with E-state index in [9.17, 15) is 13.6 Å². The van der Waals surface area contributed by atoms with Gasteiger partial charge in [-0.2, -0.15) is 0 Å². The molecule has 1 aromatic heterocycles. The van der Waals surface area contributed by atoms with Crippen LogP contribution in [0.1, 0.15) is 16.1 Å². The van der Waals surface area contributed by atoms with Crippen LogP contribution < -0.4 is 5.73 Å². The van der Waals surface area contributed by atoms with Crippen LogP contribution in [0.4, 0.5) is 8.78 Å². The summed E-state index contributed by atoms with van der Waals surface area (Å²) in [5, 5.41) is 7.07. The van der Waals surface area contributed by atoms with E-state index in [2.05, 4.69) is 10.3 Å². The number of aromatic nitrogens is 3. The van der Waals surface area contributed by atoms with Crippen LogP contribution in [-0.4, -0.2) is 20.9 Å². The summed E-state index contributed by atoms with van der Waals surface area (Å²) in [6, 6.07) is 3.83. The molecule has 2 N–H and O–H groups in total. The lowest BCUT2D eigenvalue weighted by molar-refractivity contribution is 0.0995. The average Bonchev–Trinajstić information content (AvgIpc) is 2.73. The first kappa shape index (κ1) is 11.2. The van der Waals surface area contributed by atoms with Gasteiger partial charge in [0.2, 0.25) is 0 Å². The van der Waals surface area contributed by atoms with Crippen LogP contribution >= 0.6 is 0 Å². The molecule has 0 radical (unpaired) electrons. The van der Waals surface area contributed by atoms with E-state index < -0.39 is 17.5 Å². The fourth-order valence-electron chi connectivity index (χ4n) is 1.33. The maximum absolute atomic E-state index is 13.3. The molecule has 0 bridgehead atoms. The van der Waals surface area contributed by atoms with Crippen LogP contribution in [0.25, 0.3) is 0 Å². The molecule has 0 atom stereocenters. The quantitative estimate of drug-likeness (QED) is 0.855. The molecule has 1 heterocycles. The first-order valence-corrected chi connectivity index (χ1v) is 4.71. The number of carbonyl (C=O) groups is 1. The third-order valence-corrected chi connectivity index (χ3v) is 2.16. The normalized spacial score (nSPS) is 10.5. The van der Waals surface area contributed by atoms with Gasteiger partial charge in [-0.05, 0) is 6.07 Å². The molecule has 7 heteroatoms. The molecule has 0 aliphatic heterocycles. The summed E-state index contributed by atoms with van der Waals surface area (Å²) in [5.41, 5.74) is 5.08. The summed E-state index contributed by atoms with van der Waals surface area (Å²) in [4.78, 5) is 10.8. The lowest BCUT2D eigenvalue weighted by atomic mass is 10.2. The third-order valence-electron chi connectivity index (χ3n) is 2.16. The highest BCUT2D eigenvalue weighted by Gasteiger charge is 2.10. The topological polar surface area (TPSA) is 73.8 Å². The largest absolute Gasteiger partial charge is 0.364 e. The second-order valence-corrected chi connectivity index (χ2v) is 3.38. The molecule has 0 aliphatic carbocycles. The maximum atomic E-state index is 13.3. The molecule has 1 amide bonds. The Bertz CT molecular complexity index is 567. The van der Waals surface area contributed by atoms with Crippen molar-refractivity contribution in [1.29, 1.82) is 0 Å². The Morgan fingerprint density at radius 2 is 2.18 bits per heavy atom. The number of nitrogens with zero attached hydrogens (tertiary/aromatic N) is 3. The Labute approximate surface area is 94.8 Å². The fourth-order valence-corrected chi connectivity index (χ4v) is 1.33. The molecule has 1 aromatic carbocycles. The minimum absolute atomic E-state index is 0.0239. The van der Waals surface area contributed by atoms with Crippen molar-refractivity contribution in [2.45, 2.75) is 6.54 Å². The van der Waals surface area contributed by atoms with E-state index in [-0.39, 0.29) is 17.8 Å². The first-order chi connectivity index (χ1) is 8.08. The van der Waals surface area contributed by atoms with Crippen molar-refractivity contribution in [2.24, 2.45) is 5.73 Å². The van der Waals surface area contributed by atoms with E-state index in [0.29, 0.717) is 0 Å². The van der Waals surface area contributed by atoms with Crippen molar-refractivity contribution in [2.75, 3.05) is 0 Å². The van der Waals surface area contributed by atoms with Crippen molar-refractivity contribution < 1.29 is 13.6 Å². The molecular formula is C10H8F2N4O. The summed E-state index contributed by atoms with van der Waals surface area (Å²) in [7, 11) is 0. The molecule has 88 valence electrons. The van der Waals surface area contributed by atoms with Gasteiger partial charge in [-0.15, -0.1) is 5.10 Å². The summed E-state index contributed by atoms with van der Waals surface area (Å²) in [6.07, 6.45) is 1.27. The van der Waals surface area contributed by atoms with Gasteiger partial charge < -0.3 is 5.73 Å². The molecule has 2 rings (SSSR count). The highest BCUT2D eigenvalue weighted by molar-refractivity contribution is 5.90. The SMILES string of the molecule is NC(=O)c1cn(Cc2cccc(F)c2F)nn1. The van der Waals surface area contributed by atoms with Crippen LogP contribution in [-0.2, 0) is 6.54 Å². The second-order valence-electron chi connectivity index (χ2n) is 3.38. The number of primary amides is 1. The number of hydrogen-bond acceptors (Lipinski definition) is 3. The lowest BCUT2D eigenvalue weighted by Gasteiger charge is -2.02. The zero-order valence-corrected chi connectivity index (χ0v) is 8.60. The molecule has 0 saturated heterocycles. The van der Waals surface area contributed by atoms with Crippen LogP contribution in [0.3, 0.4) is 0 Å². The van der Waals surface area contributed by atoms with E-state index in [1.807, 2.05) is 0 Å². The molecule has 0 spiro atoms. The van der Waals surface area contributed by atoms with Gasteiger partial charge in [-0.3, -0.25) is 4.79 Å². The smallest absolute Gasteiger partial charge is 0.270 e. The van der Waals surface area contributed by atoms with Crippen molar-refractivity contribution in [3.63, 3.8) is 0 Å². The van der Waals surface area contributed by atoms with Gasteiger partial charge in [0.05, 0.1) is 12.7 Å². The van der Waals surface area contributed by atoms with E-state index in [0.717, 1.165) is 6.07 Å². The van der Waals surface area contributed by atoms with E-state index in [1.165, 1.54) is 23.0 Å². The van der Waals surface area contributed by atoms with Crippen LogP contribution in [0, 0.1) is 11.6 Å². The van der Waals surface area contributed by atoms with Crippen LogP contribution in [0.2, 0.25) is 0 Å². The summed E-state index contributed by atoms with van der Waals surface area (Å²) < 4.78 is 27.5. The predicted molar refractivity (Wildman–Crippen MR) is 54.0 cm³/mol. The van der Waals surface area contributed by atoms with Gasteiger partial charge in [-0.25, -0.2) is 13.5 Å². The Hall–Kier alpha value is -2.31. The Morgan fingerprint density at radius 1 is 1.41 bits per heavy atom. The van der Waals surface area contributed by atoms with Gasteiger partial charge in [0.15, 0.2) is 17.3 Å². The van der Waals surface area contributed by atoms with Gasteiger partial charge in [-0.1, -0.05) is 17.3 Å². The fraction of sp³-hybridized carbons (Fsp3) is 0.100. The lowest BCUT2D eigenvalue weighted by Crippen LogP contribution is -2.11. The van der Waals surface area contributed by atoms with E-state index in [1.54, 1.807) is 0 Å². The summed E-state index contributed by atoms with van der Waals surface area (Å²) >= 11 is 0. The molecule has 2 aromatic rings. The Balaban J connectivity index is 2.25. The number of halogens is 2. The highest BCUT2D eigenvalue weighted by Crippen LogP contribution is 2.12. The summed E-state index contributed by atoms with van der Waals surface area (Å²) in [6.45, 7) is -0.0239. The zero-order valence-electron chi connectivity index (χ0n) is 8.60. The molecule has 17 heavy (non-hydrogen) atoms. The van der Waals surface area contributed by atoms with Crippen LogP contribution in [0.15, 0.2) is 24.4 Å². The van der Waals surface area contributed by atoms with Gasteiger partial charge in [0.1, 0.15) is 0 Å². The average molecular weight is 238 g/mol. The predicted octanol–water partition coefficient (Wildman–Crippen LogP) is 0.704. The van der Waals surface area contributed by atoms with Crippen molar-refractivity contribution in [1.82, 2.24) is 15.0 Å². The standard InChI is InChI=1S/C10H8F2N4O/c11-7-3-1-2-6(9(7)12)4-16-5-8(10(13)17)14-15-16/h1-3,5H,4H2,(H2,13,17). The van der Waals surface area contributed by atoms with Gasteiger partial charge in [0.25, 0.3) is 5.91 Å². The molecular weight excluding hydrogens is 230 g/mol. The number of hydrogen-bond donors (Lipinski definition) is 1. The zero-order chi connectivity index (χ0) is 12.4. The second kappa shape index (κ2) is 4.28. The Kier molecular flexibility index (Phi) is 2.82. The van der Waals surface area contributed by atoms with E-state index in [4.69, 9.17) is 5.73 Å². The number of nitrogens with two attached hydrogens (primary N) is 1. The molecule has 0 unspecified atom stereocenters. The minimum atomic E-state index is -0.941. The Morgan fingerprint density at radius 3 is 2.82 bits per heavy atom. The monoisotopic (exact) mass is 238 g/mol. The molecule has 0 aliphatic rings. The number of benzene rings is 1. The summed E-state index contributed by atoms with van der Waals surface area (Å²) in [5.74, 6) is -2.60. The van der Waals surface area contributed by atoms with Gasteiger partial charge in [0, 0.05) is 5.56 Å².